The molecule has 2 aromatic carbocycles. The molecule has 0 spiro atoms. The number of ether oxygens (including phenoxy) is 1. The van der Waals surface area contributed by atoms with Gasteiger partial charge in [0.2, 0.25) is 0 Å². The molecule has 0 aliphatic carbocycles. The normalized spacial score (nSPS) is 13.7. The highest BCUT2D eigenvalue weighted by Crippen LogP contribution is 2.33. The van der Waals surface area contributed by atoms with Gasteiger partial charge in [0.15, 0.2) is 11.4 Å². The molecule has 4 rings (SSSR count). The molecular formula is C26H32N4O2S. The van der Waals surface area contributed by atoms with Crippen molar-refractivity contribution in [2.45, 2.75) is 40.2 Å². The van der Waals surface area contributed by atoms with Gasteiger partial charge in [-0.3, -0.25) is 4.79 Å². The summed E-state index contributed by atoms with van der Waals surface area (Å²) in [4.78, 5) is 20.2. The summed E-state index contributed by atoms with van der Waals surface area (Å²) < 4.78 is 7.84. The summed E-state index contributed by atoms with van der Waals surface area (Å²) in [5, 5.41) is 5.08. The summed E-state index contributed by atoms with van der Waals surface area (Å²) in [5.41, 5.74) is 5.14. The van der Waals surface area contributed by atoms with Crippen LogP contribution < -0.4 is 14.9 Å². The van der Waals surface area contributed by atoms with Crippen LogP contribution in [0.4, 0.5) is 11.4 Å². The molecule has 0 atom stereocenters. The summed E-state index contributed by atoms with van der Waals surface area (Å²) >= 11 is 1.65. The number of carbonyl (C=O) groups is 1. The largest absolute Gasteiger partial charge is 0.482 e. The topological polar surface area (TPSA) is 58.9 Å². The van der Waals surface area contributed by atoms with Crippen molar-refractivity contribution in [3.05, 3.63) is 58.2 Å². The molecule has 0 bridgehead atoms. The second-order valence-corrected chi connectivity index (χ2v) is 8.95. The predicted octanol–water partition coefficient (Wildman–Crippen LogP) is 5.07. The van der Waals surface area contributed by atoms with E-state index < -0.39 is 0 Å². The van der Waals surface area contributed by atoms with Gasteiger partial charge in [-0.25, -0.2) is 4.99 Å². The van der Waals surface area contributed by atoms with E-state index in [2.05, 4.69) is 71.3 Å². The minimum Gasteiger partial charge on any atom is -0.482 e. The molecule has 1 N–H and O–H groups in total. The SMILES string of the molecule is CCc1ccc(N=c2scc(-c3ccc4c(c3)NC(=O)CO4)n2CCCN(CC)CC)cc1. The Morgan fingerprint density at radius 2 is 1.91 bits per heavy atom. The molecule has 0 fully saturated rings. The number of carbonyl (C=O) groups excluding carboxylic acids is 1. The predicted molar refractivity (Wildman–Crippen MR) is 135 cm³/mol. The molecule has 1 aromatic heterocycles. The molecule has 1 amide bonds. The molecule has 1 aliphatic heterocycles. The molecule has 33 heavy (non-hydrogen) atoms. The Hall–Kier alpha value is -2.90. The number of fused-ring (bicyclic) bond motifs is 1. The van der Waals surface area contributed by atoms with Crippen molar-refractivity contribution in [2.75, 3.05) is 31.6 Å². The number of amides is 1. The van der Waals surface area contributed by atoms with Gasteiger partial charge in [-0.05, 0) is 68.4 Å². The van der Waals surface area contributed by atoms with E-state index in [0.29, 0.717) is 5.75 Å². The van der Waals surface area contributed by atoms with Gasteiger partial charge in [0.05, 0.1) is 17.1 Å². The van der Waals surface area contributed by atoms with E-state index in [0.717, 1.165) is 66.5 Å². The second kappa shape index (κ2) is 10.8. The molecule has 0 saturated carbocycles. The number of aromatic nitrogens is 1. The zero-order valence-corrected chi connectivity index (χ0v) is 20.5. The van der Waals surface area contributed by atoms with Crippen molar-refractivity contribution in [1.82, 2.24) is 9.47 Å². The number of aryl methyl sites for hydroxylation is 1. The quantitative estimate of drug-likeness (QED) is 0.481. The van der Waals surface area contributed by atoms with Gasteiger partial charge in [-0.1, -0.05) is 32.9 Å². The summed E-state index contributed by atoms with van der Waals surface area (Å²) in [7, 11) is 0. The number of benzene rings is 2. The van der Waals surface area contributed by atoms with E-state index in [4.69, 9.17) is 9.73 Å². The van der Waals surface area contributed by atoms with E-state index in [1.807, 2.05) is 12.1 Å². The smallest absolute Gasteiger partial charge is 0.262 e. The lowest BCUT2D eigenvalue weighted by Gasteiger charge is -2.20. The van der Waals surface area contributed by atoms with E-state index >= 15 is 0 Å². The van der Waals surface area contributed by atoms with Crippen LogP contribution in [0.3, 0.4) is 0 Å². The highest BCUT2D eigenvalue weighted by molar-refractivity contribution is 7.07. The fourth-order valence-electron chi connectivity index (χ4n) is 4.02. The van der Waals surface area contributed by atoms with Crippen molar-refractivity contribution in [1.29, 1.82) is 0 Å². The maximum absolute atomic E-state index is 11.8. The number of anilines is 1. The van der Waals surface area contributed by atoms with Crippen LogP contribution in [0.25, 0.3) is 11.3 Å². The Labute approximate surface area is 199 Å². The zero-order chi connectivity index (χ0) is 23.2. The van der Waals surface area contributed by atoms with E-state index in [1.54, 1.807) is 11.3 Å². The molecule has 174 valence electrons. The lowest BCUT2D eigenvalue weighted by atomic mass is 10.1. The standard InChI is InChI=1S/C26H32N4O2S/c1-4-19-8-11-21(12-9-19)27-26-30(15-7-14-29(5-2)6-3)23(18-33-26)20-10-13-24-22(16-20)28-25(31)17-32-24/h8-13,16,18H,4-7,14-15,17H2,1-3H3,(H,28,31). The minimum absolute atomic E-state index is 0.0655. The van der Waals surface area contributed by atoms with Crippen LogP contribution in [0, 0.1) is 0 Å². The molecule has 1 aliphatic rings. The Kier molecular flexibility index (Phi) is 7.62. The monoisotopic (exact) mass is 464 g/mol. The molecule has 0 saturated heterocycles. The maximum Gasteiger partial charge on any atom is 0.262 e. The molecule has 6 nitrogen and oxygen atoms in total. The Morgan fingerprint density at radius 1 is 1.12 bits per heavy atom. The Balaban J connectivity index is 1.69. The second-order valence-electron chi connectivity index (χ2n) is 8.12. The van der Waals surface area contributed by atoms with E-state index in [9.17, 15) is 4.79 Å². The van der Waals surface area contributed by atoms with Gasteiger partial charge >= 0.3 is 0 Å². The molecule has 0 unspecified atom stereocenters. The van der Waals surface area contributed by atoms with Gasteiger partial charge in [0.25, 0.3) is 5.91 Å². The highest BCUT2D eigenvalue weighted by atomic mass is 32.1. The third kappa shape index (κ3) is 5.54. The average Bonchev–Trinajstić information content (AvgIpc) is 3.24. The number of thiazole rings is 1. The number of rotatable bonds is 9. The Bertz CT molecular complexity index is 1160. The fourth-order valence-corrected chi connectivity index (χ4v) is 4.97. The van der Waals surface area contributed by atoms with Gasteiger partial charge in [0.1, 0.15) is 5.75 Å². The van der Waals surface area contributed by atoms with Gasteiger partial charge < -0.3 is 19.5 Å². The summed E-state index contributed by atoms with van der Waals surface area (Å²) in [6.45, 7) is 10.7. The first-order valence-corrected chi connectivity index (χ1v) is 12.6. The van der Waals surface area contributed by atoms with Crippen LogP contribution >= 0.6 is 11.3 Å². The molecule has 7 heteroatoms. The van der Waals surface area contributed by atoms with Crippen molar-refractivity contribution in [3.63, 3.8) is 0 Å². The third-order valence-electron chi connectivity index (χ3n) is 6.03. The summed E-state index contributed by atoms with van der Waals surface area (Å²) in [6, 6.07) is 14.4. The van der Waals surface area contributed by atoms with Crippen molar-refractivity contribution < 1.29 is 9.53 Å². The number of hydrogen-bond acceptors (Lipinski definition) is 5. The maximum atomic E-state index is 11.8. The van der Waals surface area contributed by atoms with Crippen molar-refractivity contribution in [2.24, 2.45) is 4.99 Å². The molecule has 3 aromatic rings. The first-order chi connectivity index (χ1) is 16.1. The van der Waals surface area contributed by atoms with E-state index in [-0.39, 0.29) is 12.5 Å². The summed E-state index contributed by atoms with van der Waals surface area (Å²) in [6.07, 6.45) is 2.06. The van der Waals surface area contributed by atoms with Crippen LogP contribution in [0.5, 0.6) is 5.75 Å². The van der Waals surface area contributed by atoms with Crippen LogP contribution in [-0.2, 0) is 17.8 Å². The molecule has 2 heterocycles. The van der Waals surface area contributed by atoms with Crippen LogP contribution in [0.1, 0.15) is 32.8 Å². The average molecular weight is 465 g/mol. The summed E-state index contributed by atoms with van der Waals surface area (Å²) in [5.74, 6) is 0.589. The number of nitrogens with one attached hydrogen (secondary N) is 1. The van der Waals surface area contributed by atoms with E-state index in [1.165, 1.54) is 5.56 Å². The van der Waals surface area contributed by atoms with Crippen LogP contribution in [0.2, 0.25) is 0 Å². The highest BCUT2D eigenvalue weighted by Gasteiger charge is 2.18. The van der Waals surface area contributed by atoms with Gasteiger partial charge in [-0.15, -0.1) is 11.3 Å². The molecular weight excluding hydrogens is 432 g/mol. The van der Waals surface area contributed by atoms with Crippen LogP contribution in [0.15, 0.2) is 52.8 Å². The van der Waals surface area contributed by atoms with Crippen molar-refractivity contribution in [3.8, 4) is 17.0 Å². The zero-order valence-electron chi connectivity index (χ0n) is 19.6. The number of hydrogen-bond donors (Lipinski definition) is 1. The third-order valence-corrected chi connectivity index (χ3v) is 6.89. The lowest BCUT2D eigenvalue weighted by molar-refractivity contribution is -0.118. The Morgan fingerprint density at radius 3 is 2.64 bits per heavy atom. The van der Waals surface area contributed by atoms with Gasteiger partial charge in [-0.2, -0.15) is 0 Å². The van der Waals surface area contributed by atoms with Crippen LogP contribution in [-0.4, -0.2) is 41.6 Å². The van der Waals surface area contributed by atoms with Gasteiger partial charge in [0, 0.05) is 17.5 Å². The minimum atomic E-state index is -0.122. The fraction of sp³-hybridized carbons (Fsp3) is 0.385. The van der Waals surface area contributed by atoms with Crippen molar-refractivity contribution >= 4 is 28.6 Å². The first kappa shape index (κ1) is 23.3. The lowest BCUT2D eigenvalue weighted by Crippen LogP contribution is -2.26. The molecule has 0 radical (unpaired) electrons. The first-order valence-electron chi connectivity index (χ1n) is 11.7. The number of nitrogens with zero attached hydrogens (tertiary/aromatic N) is 3.